The third-order valence-electron chi connectivity index (χ3n) is 2.20. The van der Waals surface area contributed by atoms with Crippen LogP contribution in [0, 0.1) is 5.92 Å². The highest BCUT2D eigenvalue weighted by Gasteiger charge is 2.08. The van der Waals surface area contributed by atoms with E-state index < -0.39 is 0 Å². The van der Waals surface area contributed by atoms with E-state index in [0.717, 1.165) is 12.8 Å². The van der Waals surface area contributed by atoms with Gasteiger partial charge >= 0.3 is 0 Å². The molecular formula is C10H17N. The number of hydrogen-bond acceptors (Lipinski definition) is 1. The molecule has 0 aromatic rings. The summed E-state index contributed by atoms with van der Waals surface area (Å²) in [4.78, 5) is 0. The molecule has 1 aliphatic rings. The maximum atomic E-state index is 5.85. The third kappa shape index (κ3) is 2.89. The molecule has 62 valence electrons. The molecule has 0 aromatic carbocycles. The van der Waals surface area contributed by atoms with Crippen LogP contribution in [0.1, 0.15) is 26.2 Å². The minimum absolute atomic E-state index is 0.385. The molecule has 0 aliphatic heterocycles. The molecule has 0 spiro atoms. The molecule has 0 bridgehead atoms. The molecule has 1 unspecified atom stereocenters. The van der Waals surface area contributed by atoms with Gasteiger partial charge in [0.2, 0.25) is 0 Å². The quantitative estimate of drug-likeness (QED) is 0.657. The average Bonchev–Trinajstić information content (AvgIpc) is 2.06. The number of nitrogens with two attached hydrogens (primary N) is 1. The number of allylic oxidation sites excluding steroid dienone is 4. The van der Waals surface area contributed by atoms with E-state index in [9.17, 15) is 0 Å². The molecule has 1 aliphatic carbocycles. The summed E-state index contributed by atoms with van der Waals surface area (Å²) in [6.07, 6.45) is 12.1. The van der Waals surface area contributed by atoms with E-state index in [4.69, 9.17) is 5.73 Å². The highest BCUT2D eigenvalue weighted by molar-refractivity contribution is 5.10. The lowest BCUT2D eigenvalue weighted by molar-refractivity contribution is 0.493. The molecule has 2 atom stereocenters. The summed E-state index contributed by atoms with van der Waals surface area (Å²) in [5, 5.41) is 0. The van der Waals surface area contributed by atoms with Crippen LogP contribution in [0.15, 0.2) is 24.3 Å². The van der Waals surface area contributed by atoms with Crippen LogP contribution < -0.4 is 5.73 Å². The van der Waals surface area contributed by atoms with Gasteiger partial charge in [-0.3, -0.25) is 0 Å². The van der Waals surface area contributed by atoms with Crippen LogP contribution >= 0.6 is 0 Å². The molecule has 0 radical (unpaired) electrons. The Balaban J connectivity index is 2.27. The summed E-state index contributed by atoms with van der Waals surface area (Å²) in [5.41, 5.74) is 5.85. The van der Waals surface area contributed by atoms with Crippen molar-refractivity contribution >= 4 is 0 Å². The Morgan fingerprint density at radius 3 is 2.91 bits per heavy atom. The lowest BCUT2D eigenvalue weighted by Gasteiger charge is -2.16. The third-order valence-corrected chi connectivity index (χ3v) is 2.20. The molecule has 0 saturated heterocycles. The molecule has 1 nitrogen and oxygen atoms in total. The predicted octanol–water partition coefficient (Wildman–Crippen LogP) is 2.25. The highest BCUT2D eigenvalue weighted by atomic mass is 14.6. The fraction of sp³-hybridized carbons (Fsp3) is 0.600. The van der Waals surface area contributed by atoms with E-state index in [2.05, 4.69) is 31.2 Å². The van der Waals surface area contributed by atoms with Crippen molar-refractivity contribution in [2.24, 2.45) is 11.7 Å². The summed E-state index contributed by atoms with van der Waals surface area (Å²) in [5.74, 6) is 0.690. The van der Waals surface area contributed by atoms with E-state index >= 15 is 0 Å². The van der Waals surface area contributed by atoms with Crippen LogP contribution in [0.2, 0.25) is 0 Å². The predicted molar refractivity (Wildman–Crippen MR) is 49.3 cm³/mol. The smallest absolute Gasteiger partial charge is 0.00419 e. The molecule has 0 amide bonds. The molecule has 0 aromatic heterocycles. The van der Waals surface area contributed by atoms with Gasteiger partial charge in [-0.05, 0) is 25.2 Å². The molecule has 0 heterocycles. The molecular weight excluding hydrogens is 134 g/mol. The van der Waals surface area contributed by atoms with Gasteiger partial charge in [-0.15, -0.1) is 0 Å². The van der Waals surface area contributed by atoms with Gasteiger partial charge in [-0.2, -0.15) is 0 Å². The Kier molecular flexibility index (Phi) is 3.37. The highest BCUT2D eigenvalue weighted by Crippen LogP contribution is 2.17. The van der Waals surface area contributed by atoms with Crippen molar-refractivity contribution in [1.82, 2.24) is 0 Å². The standard InChI is InChI=1S/C10H17N/c1-2-10(11)8-9-6-4-3-5-7-9/h3-6,9-10H,2,7-8,11H2,1H3/t9?,10-/m1/s1. The van der Waals surface area contributed by atoms with Gasteiger partial charge in [0.15, 0.2) is 0 Å². The summed E-state index contributed by atoms with van der Waals surface area (Å²) < 4.78 is 0. The normalized spacial score (nSPS) is 25.5. The average molecular weight is 151 g/mol. The molecule has 1 rings (SSSR count). The monoisotopic (exact) mass is 151 g/mol. The van der Waals surface area contributed by atoms with E-state index in [1.54, 1.807) is 0 Å². The van der Waals surface area contributed by atoms with E-state index in [1.807, 2.05) is 0 Å². The second kappa shape index (κ2) is 4.35. The van der Waals surface area contributed by atoms with Crippen molar-refractivity contribution in [2.45, 2.75) is 32.2 Å². The summed E-state index contributed by atoms with van der Waals surface area (Å²) >= 11 is 0. The van der Waals surface area contributed by atoms with Crippen molar-refractivity contribution in [3.63, 3.8) is 0 Å². The Morgan fingerprint density at radius 2 is 2.36 bits per heavy atom. The number of hydrogen-bond donors (Lipinski definition) is 1. The SMILES string of the molecule is CC[C@@H](N)CC1C=CC=CC1. The Hall–Kier alpha value is -0.560. The zero-order valence-corrected chi connectivity index (χ0v) is 7.16. The second-order valence-corrected chi connectivity index (χ2v) is 3.21. The first-order chi connectivity index (χ1) is 5.33. The second-order valence-electron chi connectivity index (χ2n) is 3.21. The van der Waals surface area contributed by atoms with Crippen molar-refractivity contribution in [1.29, 1.82) is 0 Å². The first-order valence-corrected chi connectivity index (χ1v) is 4.42. The lowest BCUT2D eigenvalue weighted by Crippen LogP contribution is -2.22. The van der Waals surface area contributed by atoms with Crippen LogP contribution in [0.5, 0.6) is 0 Å². The summed E-state index contributed by atoms with van der Waals surface area (Å²) in [7, 11) is 0. The van der Waals surface area contributed by atoms with Gasteiger partial charge < -0.3 is 5.73 Å². The van der Waals surface area contributed by atoms with E-state index in [1.165, 1.54) is 6.42 Å². The molecule has 1 heteroatoms. The topological polar surface area (TPSA) is 26.0 Å². The number of rotatable bonds is 3. The zero-order chi connectivity index (χ0) is 8.10. The summed E-state index contributed by atoms with van der Waals surface area (Å²) in [6, 6.07) is 0.385. The van der Waals surface area contributed by atoms with Crippen molar-refractivity contribution in [2.75, 3.05) is 0 Å². The van der Waals surface area contributed by atoms with Crippen molar-refractivity contribution in [3.05, 3.63) is 24.3 Å². The Bertz CT molecular complexity index is 158. The van der Waals surface area contributed by atoms with Crippen LogP contribution in [-0.4, -0.2) is 6.04 Å². The van der Waals surface area contributed by atoms with E-state index in [-0.39, 0.29) is 0 Å². The van der Waals surface area contributed by atoms with Crippen LogP contribution in [0.3, 0.4) is 0 Å². The minimum atomic E-state index is 0.385. The molecule has 0 saturated carbocycles. The van der Waals surface area contributed by atoms with Gasteiger partial charge in [0.05, 0.1) is 0 Å². The molecule has 2 N–H and O–H groups in total. The zero-order valence-electron chi connectivity index (χ0n) is 7.16. The fourth-order valence-electron chi connectivity index (χ4n) is 1.36. The van der Waals surface area contributed by atoms with Crippen LogP contribution in [0.4, 0.5) is 0 Å². The fourth-order valence-corrected chi connectivity index (χ4v) is 1.36. The maximum absolute atomic E-state index is 5.85. The minimum Gasteiger partial charge on any atom is -0.328 e. The largest absolute Gasteiger partial charge is 0.328 e. The maximum Gasteiger partial charge on any atom is 0.00419 e. The first kappa shape index (κ1) is 8.54. The van der Waals surface area contributed by atoms with Gasteiger partial charge in [-0.25, -0.2) is 0 Å². The van der Waals surface area contributed by atoms with Crippen LogP contribution in [-0.2, 0) is 0 Å². The van der Waals surface area contributed by atoms with Gasteiger partial charge in [0.1, 0.15) is 0 Å². The van der Waals surface area contributed by atoms with Crippen molar-refractivity contribution < 1.29 is 0 Å². The van der Waals surface area contributed by atoms with Crippen molar-refractivity contribution in [3.8, 4) is 0 Å². The molecule has 11 heavy (non-hydrogen) atoms. The lowest BCUT2D eigenvalue weighted by atomic mass is 9.93. The van der Waals surface area contributed by atoms with Crippen LogP contribution in [0.25, 0.3) is 0 Å². The van der Waals surface area contributed by atoms with Gasteiger partial charge in [0.25, 0.3) is 0 Å². The Morgan fingerprint density at radius 1 is 1.55 bits per heavy atom. The molecule has 0 fully saturated rings. The Labute approximate surface area is 69.0 Å². The summed E-state index contributed by atoms with van der Waals surface area (Å²) in [6.45, 7) is 2.15. The van der Waals surface area contributed by atoms with Gasteiger partial charge in [0, 0.05) is 6.04 Å². The first-order valence-electron chi connectivity index (χ1n) is 4.42. The van der Waals surface area contributed by atoms with Gasteiger partial charge in [-0.1, -0.05) is 31.2 Å². The van der Waals surface area contributed by atoms with E-state index in [0.29, 0.717) is 12.0 Å².